The first-order valence-corrected chi connectivity index (χ1v) is 7.58. The average Bonchev–Trinajstić information content (AvgIpc) is 2.80. The van der Waals surface area contributed by atoms with Gasteiger partial charge in [0.15, 0.2) is 0 Å². The molecular weight excluding hydrogens is 280 g/mol. The number of carbonyl (C=O) groups excluding carboxylic acids is 1. The van der Waals surface area contributed by atoms with Gasteiger partial charge in [-0.2, -0.15) is 10.4 Å². The Morgan fingerprint density at radius 2 is 2.14 bits per heavy atom. The molecule has 1 aromatic rings. The lowest BCUT2D eigenvalue weighted by molar-refractivity contribution is -0.0315. The number of aromatic nitrogens is 2. The lowest BCUT2D eigenvalue weighted by atomic mass is 9.87. The molecule has 6 nitrogen and oxygen atoms in total. The highest BCUT2D eigenvalue weighted by Gasteiger charge is 2.48. The van der Waals surface area contributed by atoms with Gasteiger partial charge in [0.05, 0.1) is 31.3 Å². The Kier molecular flexibility index (Phi) is 4.19. The van der Waals surface area contributed by atoms with Crippen molar-refractivity contribution in [3.8, 4) is 6.07 Å². The van der Waals surface area contributed by atoms with Crippen molar-refractivity contribution in [3.05, 3.63) is 18.0 Å². The molecule has 0 aromatic carbocycles. The molecule has 2 heterocycles. The highest BCUT2D eigenvalue weighted by atomic mass is 16.6. The van der Waals surface area contributed by atoms with Crippen LogP contribution in [0.25, 0.3) is 0 Å². The highest BCUT2D eigenvalue weighted by molar-refractivity contribution is 5.69. The molecule has 1 aliphatic heterocycles. The van der Waals surface area contributed by atoms with Gasteiger partial charge in [-0.15, -0.1) is 0 Å². The van der Waals surface area contributed by atoms with E-state index in [0.717, 1.165) is 5.69 Å². The van der Waals surface area contributed by atoms with E-state index in [2.05, 4.69) is 25.0 Å². The number of amides is 1. The van der Waals surface area contributed by atoms with Crippen molar-refractivity contribution in [1.82, 2.24) is 14.7 Å². The van der Waals surface area contributed by atoms with Gasteiger partial charge in [-0.1, -0.05) is 13.8 Å². The Balaban J connectivity index is 2.10. The zero-order valence-corrected chi connectivity index (χ0v) is 14.0. The molecule has 0 radical (unpaired) electrons. The van der Waals surface area contributed by atoms with E-state index >= 15 is 0 Å². The summed E-state index contributed by atoms with van der Waals surface area (Å²) in [6.07, 6.45) is 1.89. The molecule has 2 rings (SSSR count). The van der Waals surface area contributed by atoms with E-state index in [1.807, 2.05) is 37.7 Å². The molecule has 1 aliphatic rings. The number of likely N-dealkylation sites (tertiary alicyclic amines) is 1. The molecule has 0 aliphatic carbocycles. The van der Waals surface area contributed by atoms with Crippen LogP contribution < -0.4 is 0 Å². The number of hydrogen-bond donors (Lipinski definition) is 0. The van der Waals surface area contributed by atoms with E-state index < -0.39 is 11.1 Å². The SMILES string of the molecule is CC(C)c1ccn(C2(CC#N)CN(C(=O)OC(C)(C)C)C2)n1. The summed E-state index contributed by atoms with van der Waals surface area (Å²) < 4.78 is 7.21. The fourth-order valence-electron chi connectivity index (χ4n) is 2.51. The van der Waals surface area contributed by atoms with Crippen molar-refractivity contribution >= 4 is 6.09 Å². The number of ether oxygens (including phenoxy) is 1. The van der Waals surface area contributed by atoms with Crippen LogP contribution in [-0.4, -0.2) is 39.5 Å². The largest absolute Gasteiger partial charge is 0.444 e. The molecule has 0 saturated carbocycles. The van der Waals surface area contributed by atoms with E-state index in [1.165, 1.54) is 0 Å². The summed E-state index contributed by atoms with van der Waals surface area (Å²) in [5.41, 5.74) is 0.0490. The second kappa shape index (κ2) is 5.64. The topological polar surface area (TPSA) is 71.2 Å². The van der Waals surface area contributed by atoms with Crippen molar-refractivity contribution in [2.45, 2.75) is 58.1 Å². The predicted octanol–water partition coefficient (Wildman–Crippen LogP) is 2.87. The maximum absolute atomic E-state index is 12.1. The Labute approximate surface area is 131 Å². The molecule has 120 valence electrons. The summed E-state index contributed by atoms with van der Waals surface area (Å²) in [4.78, 5) is 13.7. The van der Waals surface area contributed by atoms with E-state index in [9.17, 15) is 4.79 Å². The lowest BCUT2D eigenvalue weighted by Crippen LogP contribution is -2.64. The number of hydrogen-bond acceptors (Lipinski definition) is 4. The first kappa shape index (κ1) is 16.3. The molecule has 0 unspecified atom stereocenters. The molecule has 1 fully saturated rings. The minimum atomic E-state index is -0.513. The van der Waals surface area contributed by atoms with Crippen molar-refractivity contribution in [1.29, 1.82) is 5.26 Å². The monoisotopic (exact) mass is 304 g/mol. The molecule has 1 amide bonds. The van der Waals surface area contributed by atoms with Gasteiger partial charge in [0, 0.05) is 6.20 Å². The zero-order chi connectivity index (χ0) is 16.5. The van der Waals surface area contributed by atoms with Gasteiger partial charge in [0.25, 0.3) is 0 Å². The number of nitrogens with zero attached hydrogens (tertiary/aromatic N) is 4. The molecule has 22 heavy (non-hydrogen) atoms. The minimum absolute atomic E-state index is 0.325. The summed E-state index contributed by atoms with van der Waals surface area (Å²) in [6.45, 7) is 10.6. The summed E-state index contributed by atoms with van der Waals surface area (Å²) in [7, 11) is 0. The first-order valence-electron chi connectivity index (χ1n) is 7.58. The third-order valence-electron chi connectivity index (χ3n) is 3.72. The van der Waals surface area contributed by atoms with Crippen LogP contribution in [0.4, 0.5) is 4.79 Å². The van der Waals surface area contributed by atoms with E-state index in [4.69, 9.17) is 10.00 Å². The first-order chi connectivity index (χ1) is 10.2. The zero-order valence-electron chi connectivity index (χ0n) is 14.0. The van der Waals surface area contributed by atoms with E-state index in [0.29, 0.717) is 25.4 Å². The fourth-order valence-corrected chi connectivity index (χ4v) is 2.51. The maximum Gasteiger partial charge on any atom is 0.410 e. The van der Waals surface area contributed by atoms with Crippen LogP contribution in [0.3, 0.4) is 0 Å². The molecule has 0 atom stereocenters. The maximum atomic E-state index is 12.1. The van der Waals surface area contributed by atoms with Crippen molar-refractivity contribution in [2.24, 2.45) is 0 Å². The van der Waals surface area contributed by atoms with Gasteiger partial charge in [0.1, 0.15) is 11.1 Å². The quantitative estimate of drug-likeness (QED) is 0.861. The van der Waals surface area contributed by atoms with Gasteiger partial charge >= 0.3 is 6.09 Å². The van der Waals surface area contributed by atoms with Crippen LogP contribution in [0.5, 0.6) is 0 Å². The normalized spacial score (nSPS) is 17.0. The minimum Gasteiger partial charge on any atom is -0.444 e. The van der Waals surface area contributed by atoms with Crippen LogP contribution in [0.1, 0.15) is 52.7 Å². The summed E-state index contributed by atoms with van der Waals surface area (Å²) >= 11 is 0. The van der Waals surface area contributed by atoms with Crippen molar-refractivity contribution < 1.29 is 9.53 Å². The lowest BCUT2D eigenvalue weighted by Gasteiger charge is -2.48. The van der Waals surface area contributed by atoms with Crippen LogP contribution in [0, 0.1) is 11.3 Å². The summed E-state index contributed by atoms with van der Waals surface area (Å²) in [5.74, 6) is 0.336. The number of rotatable bonds is 3. The molecule has 1 saturated heterocycles. The average molecular weight is 304 g/mol. The Bertz CT molecular complexity index is 586. The molecule has 1 aromatic heterocycles. The Morgan fingerprint density at radius 1 is 1.50 bits per heavy atom. The van der Waals surface area contributed by atoms with Gasteiger partial charge in [-0.25, -0.2) is 4.79 Å². The van der Waals surface area contributed by atoms with E-state index in [1.54, 1.807) is 4.90 Å². The van der Waals surface area contributed by atoms with Crippen LogP contribution in [-0.2, 0) is 10.3 Å². The predicted molar refractivity (Wildman–Crippen MR) is 82.3 cm³/mol. The van der Waals surface area contributed by atoms with E-state index in [-0.39, 0.29) is 6.09 Å². The van der Waals surface area contributed by atoms with Crippen LogP contribution in [0.15, 0.2) is 12.3 Å². The second-order valence-electron chi connectivity index (χ2n) is 7.24. The molecule has 6 heteroatoms. The third-order valence-corrected chi connectivity index (χ3v) is 3.72. The summed E-state index contributed by atoms with van der Waals surface area (Å²) in [5, 5.41) is 13.7. The third kappa shape index (κ3) is 3.24. The second-order valence-corrected chi connectivity index (χ2v) is 7.24. The fraction of sp³-hybridized carbons (Fsp3) is 0.688. The molecule has 0 spiro atoms. The van der Waals surface area contributed by atoms with Crippen molar-refractivity contribution in [3.63, 3.8) is 0 Å². The Morgan fingerprint density at radius 3 is 2.59 bits per heavy atom. The van der Waals surface area contributed by atoms with Gasteiger partial charge in [0.2, 0.25) is 0 Å². The molecular formula is C16H24N4O2. The Hall–Kier alpha value is -2.03. The van der Waals surface area contributed by atoms with Crippen LogP contribution in [0.2, 0.25) is 0 Å². The molecule has 0 N–H and O–H groups in total. The highest BCUT2D eigenvalue weighted by Crippen LogP contribution is 2.33. The van der Waals surface area contributed by atoms with Gasteiger partial charge in [-0.05, 0) is 32.8 Å². The van der Waals surface area contributed by atoms with Gasteiger partial charge < -0.3 is 9.64 Å². The van der Waals surface area contributed by atoms with Crippen molar-refractivity contribution in [2.75, 3.05) is 13.1 Å². The number of carbonyl (C=O) groups is 1. The van der Waals surface area contributed by atoms with Crippen LogP contribution >= 0.6 is 0 Å². The van der Waals surface area contributed by atoms with Gasteiger partial charge in [-0.3, -0.25) is 4.68 Å². The molecule has 0 bridgehead atoms. The summed E-state index contributed by atoms with van der Waals surface area (Å²) in [6, 6.07) is 4.19. The number of nitriles is 1. The smallest absolute Gasteiger partial charge is 0.410 e. The standard InChI is InChI=1S/C16H24N4O2/c1-12(2)13-6-9-20(18-13)16(7-8-17)10-19(11-16)14(21)22-15(3,4)5/h6,9,12H,7,10-11H2,1-5H3.